The summed E-state index contributed by atoms with van der Waals surface area (Å²) in [6.45, 7) is 0.0974. The number of aryl methyl sites for hydroxylation is 1. The van der Waals surface area contributed by atoms with Gasteiger partial charge < -0.3 is 9.84 Å². The van der Waals surface area contributed by atoms with E-state index >= 15 is 0 Å². The molecule has 2 rings (SSSR count). The molecule has 0 spiro atoms. The zero-order valence-electron chi connectivity index (χ0n) is 9.55. The summed E-state index contributed by atoms with van der Waals surface area (Å²) in [5, 5.41) is 18.2. The Kier molecular flexibility index (Phi) is 4.21. The second kappa shape index (κ2) is 5.69. The SMILES string of the molecule is Cn1nnc(Br)c1C(O)COc1cccc(Cl)c1. The van der Waals surface area contributed by atoms with Crippen LogP contribution in [-0.4, -0.2) is 26.7 Å². The molecule has 1 aromatic heterocycles. The molecule has 2 aromatic rings. The monoisotopic (exact) mass is 331 g/mol. The summed E-state index contributed by atoms with van der Waals surface area (Å²) in [4.78, 5) is 0. The summed E-state index contributed by atoms with van der Waals surface area (Å²) in [6, 6.07) is 7.00. The number of hydrogen-bond acceptors (Lipinski definition) is 4. The van der Waals surface area contributed by atoms with E-state index in [4.69, 9.17) is 16.3 Å². The minimum absolute atomic E-state index is 0.0974. The zero-order valence-corrected chi connectivity index (χ0v) is 11.9. The van der Waals surface area contributed by atoms with Crippen molar-refractivity contribution in [1.29, 1.82) is 0 Å². The van der Waals surface area contributed by atoms with Gasteiger partial charge in [0.2, 0.25) is 0 Å². The highest BCUT2D eigenvalue weighted by Gasteiger charge is 2.18. The van der Waals surface area contributed by atoms with Crippen LogP contribution in [0.5, 0.6) is 5.75 Å². The van der Waals surface area contributed by atoms with Gasteiger partial charge in [-0.2, -0.15) is 0 Å². The first-order valence-corrected chi connectivity index (χ1v) is 6.36. The summed E-state index contributed by atoms with van der Waals surface area (Å²) in [7, 11) is 1.70. The Morgan fingerprint density at radius 3 is 2.94 bits per heavy atom. The van der Waals surface area contributed by atoms with Crippen LogP contribution in [0.1, 0.15) is 11.8 Å². The molecule has 0 aliphatic carbocycles. The largest absolute Gasteiger partial charge is 0.490 e. The van der Waals surface area contributed by atoms with E-state index in [-0.39, 0.29) is 6.61 Å². The van der Waals surface area contributed by atoms with Gasteiger partial charge >= 0.3 is 0 Å². The van der Waals surface area contributed by atoms with Crippen LogP contribution in [0.15, 0.2) is 28.9 Å². The Morgan fingerprint density at radius 1 is 1.56 bits per heavy atom. The molecule has 96 valence electrons. The van der Waals surface area contributed by atoms with Crippen molar-refractivity contribution in [2.45, 2.75) is 6.10 Å². The van der Waals surface area contributed by atoms with Gasteiger partial charge in [0, 0.05) is 12.1 Å². The van der Waals surface area contributed by atoms with Crippen molar-refractivity contribution in [3.05, 3.63) is 39.6 Å². The quantitative estimate of drug-likeness (QED) is 0.933. The van der Waals surface area contributed by atoms with E-state index in [9.17, 15) is 5.11 Å². The Balaban J connectivity index is 2.03. The van der Waals surface area contributed by atoms with Gasteiger partial charge in [0.05, 0.1) is 0 Å². The molecule has 1 unspecified atom stereocenters. The number of nitrogens with zero attached hydrogens (tertiary/aromatic N) is 3. The average molecular weight is 333 g/mol. The third kappa shape index (κ3) is 3.01. The highest BCUT2D eigenvalue weighted by atomic mass is 79.9. The normalized spacial score (nSPS) is 12.4. The van der Waals surface area contributed by atoms with E-state index in [1.165, 1.54) is 4.68 Å². The Morgan fingerprint density at radius 2 is 2.33 bits per heavy atom. The van der Waals surface area contributed by atoms with Crippen LogP contribution in [0.3, 0.4) is 0 Å². The summed E-state index contributed by atoms with van der Waals surface area (Å²) in [5.41, 5.74) is 0.567. The molecule has 0 saturated carbocycles. The standard InChI is InChI=1S/C11H11BrClN3O2/c1-16-10(11(12)14-15-16)9(17)6-18-8-4-2-3-7(13)5-8/h2-5,9,17H,6H2,1H3. The molecular formula is C11H11BrClN3O2. The van der Waals surface area contributed by atoms with Crippen molar-refractivity contribution in [1.82, 2.24) is 15.0 Å². The van der Waals surface area contributed by atoms with Crippen LogP contribution >= 0.6 is 27.5 Å². The molecule has 0 aliphatic heterocycles. The maximum atomic E-state index is 10.0. The first-order chi connectivity index (χ1) is 8.58. The Hall–Kier alpha value is -1.11. The van der Waals surface area contributed by atoms with Gasteiger partial charge in [-0.25, -0.2) is 4.68 Å². The second-order valence-electron chi connectivity index (χ2n) is 3.67. The number of rotatable bonds is 4. The third-order valence-electron chi connectivity index (χ3n) is 2.35. The topological polar surface area (TPSA) is 60.2 Å². The fourth-order valence-corrected chi connectivity index (χ4v) is 2.28. The molecule has 1 heterocycles. The number of aliphatic hydroxyl groups is 1. The first-order valence-electron chi connectivity index (χ1n) is 5.19. The van der Waals surface area contributed by atoms with Crippen molar-refractivity contribution in [3.8, 4) is 5.75 Å². The lowest BCUT2D eigenvalue weighted by atomic mass is 10.3. The first kappa shape index (κ1) is 13.3. The number of benzene rings is 1. The van der Waals surface area contributed by atoms with Gasteiger partial charge in [-0.05, 0) is 34.1 Å². The highest BCUT2D eigenvalue weighted by Crippen LogP contribution is 2.22. The lowest BCUT2D eigenvalue weighted by Crippen LogP contribution is -2.14. The van der Waals surface area contributed by atoms with Gasteiger partial charge in [-0.3, -0.25) is 0 Å². The van der Waals surface area contributed by atoms with E-state index in [1.807, 2.05) is 0 Å². The number of hydrogen-bond donors (Lipinski definition) is 1. The van der Waals surface area contributed by atoms with Crippen molar-refractivity contribution in [3.63, 3.8) is 0 Å². The molecule has 18 heavy (non-hydrogen) atoms. The molecule has 1 atom stereocenters. The van der Waals surface area contributed by atoms with Crippen LogP contribution < -0.4 is 4.74 Å². The zero-order chi connectivity index (χ0) is 13.1. The van der Waals surface area contributed by atoms with E-state index < -0.39 is 6.10 Å². The van der Waals surface area contributed by atoms with Crippen molar-refractivity contribution < 1.29 is 9.84 Å². The van der Waals surface area contributed by atoms with Gasteiger partial charge in [0.25, 0.3) is 0 Å². The minimum Gasteiger partial charge on any atom is -0.490 e. The summed E-state index contributed by atoms with van der Waals surface area (Å²) >= 11 is 9.06. The maximum Gasteiger partial charge on any atom is 0.154 e. The van der Waals surface area contributed by atoms with E-state index in [1.54, 1.807) is 31.3 Å². The molecule has 5 nitrogen and oxygen atoms in total. The molecule has 0 saturated heterocycles. The maximum absolute atomic E-state index is 10.0. The molecule has 1 N–H and O–H groups in total. The molecule has 7 heteroatoms. The number of ether oxygens (including phenoxy) is 1. The van der Waals surface area contributed by atoms with Crippen molar-refractivity contribution >= 4 is 27.5 Å². The van der Waals surface area contributed by atoms with E-state index in [2.05, 4.69) is 26.2 Å². The van der Waals surface area contributed by atoms with Gasteiger partial charge in [0.1, 0.15) is 24.2 Å². The number of aromatic nitrogens is 3. The van der Waals surface area contributed by atoms with Crippen molar-refractivity contribution in [2.24, 2.45) is 7.05 Å². The Bertz CT molecular complexity index is 527. The molecule has 0 amide bonds. The predicted molar refractivity (Wildman–Crippen MR) is 70.6 cm³/mol. The van der Waals surface area contributed by atoms with Crippen LogP contribution in [0.2, 0.25) is 5.02 Å². The Labute approximate surface area is 117 Å². The smallest absolute Gasteiger partial charge is 0.154 e. The van der Waals surface area contributed by atoms with E-state index in [0.29, 0.717) is 21.1 Å². The summed E-state index contributed by atoms with van der Waals surface area (Å²) in [6.07, 6.45) is -0.821. The molecule has 1 aromatic carbocycles. The van der Waals surface area contributed by atoms with Crippen LogP contribution in [0.4, 0.5) is 0 Å². The third-order valence-corrected chi connectivity index (χ3v) is 3.15. The van der Waals surface area contributed by atoms with Crippen LogP contribution in [0.25, 0.3) is 0 Å². The number of halogens is 2. The molecule has 0 fully saturated rings. The number of aliphatic hydroxyl groups excluding tert-OH is 1. The molecule has 0 radical (unpaired) electrons. The molecule has 0 bridgehead atoms. The van der Waals surface area contributed by atoms with Gasteiger partial charge in [-0.1, -0.05) is 22.9 Å². The lowest BCUT2D eigenvalue weighted by molar-refractivity contribution is 0.100. The average Bonchev–Trinajstić information content (AvgIpc) is 2.66. The van der Waals surface area contributed by atoms with Crippen LogP contribution in [-0.2, 0) is 7.05 Å². The fourth-order valence-electron chi connectivity index (χ4n) is 1.50. The summed E-state index contributed by atoms with van der Waals surface area (Å²) < 4.78 is 7.46. The van der Waals surface area contributed by atoms with Crippen LogP contribution in [0, 0.1) is 0 Å². The minimum atomic E-state index is -0.821. The highest BCUT2D eigenvalue weighted by molar-refractivity contribution is 9.10. The molecule has 0 aliphatic rings. The molecular weight excluding hydrogens is 321 g/mol. The van der Waals surface area contributed by atoms with Gasteiger partial charge in [-0.15, -0.1) is 5.10 Å². The van der Waals surface area contributed by atoms with E-state index in [0.717, 1.165) is 0 Å². The fraction of sp³-hybridized carbons (Fsp3) is 0.273. The summed E-state index contributed by atoms with van der Waals surface area (Å²) in [5.74, 6) is 0.604. The second-order valence-corrected chi connectivity index (χ2v) is 4.86. The predicted octanol–water partition coefficient (Wildman–Crippen LogP) is 2.34. The lowest BCUT2D eigenvalue weighted by Gasteiger charge is -2.12. The van der Waals surface area contributed by atoms with Crippen molar-refractivity contribution in [2.75, 3.05) is 6.61 Å². The van der Waals surface area contributed by atoms with Gasteiger partial charge in [0.15, 0.2) is 4.60 Å².